The van der Waals surface area contributed by atoms with Crippen molar-refractivity contribution in [1.82, 2.24) is 10.3 Å². The molecule has 0 amide bonds. The molecule has 0 fully saturated rings. The average Bonchev–Trinajstić information content (AvgIpc) is 3.02. The third kappa shape index (κ3) is 2.26. The van der Waals surface area contributed by atoms with Crippen LogP contribution in [0.4, 0.5) is 0 Å². The van der Waals surface area contributed by atoms with Crippen LogP contribution in [0.2, 0.25) is 0 Å². The Hall–Kier alpha value is -1.39. The normalized spacial score (nSPS) is 17.5. The zero-order valence-corrected chi connectivity index (χ0v) is 11.2. The van der Waals surface area contributed by atoms with Gasteiger partial charge in [0.15, 0.2) is 6.10 Å². The molecule has 3 rings (SSSR count). The summed E-state index contributed by atoms with van der Waals surface area (Å²) in [6, 6.07) is 8.23. The van der Waals surface area contributed by atoms with Crippen LogP contribution < -0.4 is 10.1 Å². The predicted octanol–water partition coefficient (Wildman–Crippen LogP) is 2.93. The number of thiazole rings is 1. The van der Waals surface area contributed by atoms with Gasteiger partial charge in [-0.15, -0.1) is 11.3 Å². The van der Waals surface area contributed by atoms with E-state index in [1.54, 1.807) is 11.3 Å². The number of hydrogen-bond acceptors (Lipinski definition) is 4. The first-order valence-electron chi connectivity index (χ1n) is 6.26. The second-order valence-corrected chi connectivity index (χ2v) is 5.51. The summed E-state index contributed by atoms with van der Waals surface area (Å²) in [7, 11) is 0. The maximum Gasteiger partial charge on any atom is 0.154 e. The smallest absolute Gasteiger partial charge is 0.154 e. The maximum absolute atomic E-state index is 5.94. The molecule has 1 aromatic carbocycles. The topological polar surface area (TPSA) is 34.2 Å². The van der Waals surface area contributed by atoms with E-state index < -0.39 is 0 Å². The fourth-order valence-corrected chi connectivity index (χ4v) is 3.04. The van der Waals surface area contributed by atoms with Crippen molar-refractivity contribution in [1.29, 1.82) is 0 Å². The summed E-state index contributed by atoms with van der Waals surface area (Å²) in [6.07, 6.45) is 2.99. The number of rotatable bonds is 4. The van der Waals surface area contributed by atoms with Gasteiger partial charge >= 0.3 is 0 Å². The number of hydrogen-bond donors (Lipinski definition) is 1. The Bertz CT molecular complexity index is 513. The molecule has 1 aliphatic heterocycles. The molecule has 0 saturated heterocycles. The summed E-state index contributed by atoms with van der Waals surface area (Å²) in [5.74, 6) is 1.01. The van der Waals surface area contributed by atoms with Crippen molar-refractivity contribution >= 4 is 11.3 Å². The van der Waals surface area contributed by atoms with Gasteiger partial charge < -0.3 is 10.1 Å². The van der Waals surface area contributed by atoms with E-state index in [1.807, 2.05) is 18.3 Å². The van der Waals surface area contributed by atoms with Gasteiger partial charge in [0.25, 0.3) is 0 Å². The Kier molecular flexibility index (Phi) is 3.30. The lowest BCUT2D eigenvalue weighted by Crippen LogP contribution is -2.10. The van der Waals surface area contributed by atoms with Crippen molar-refractivity contribution in [2.75, 3.05) is 6.54 Å². The number of aromatic nitrogens is 1. The van der Waals surface area contributed by atoms with Crippen LogP contribution in [-0.2, 0) is 13.0 Å². The van der Waals surface area contributed by atoms with E-state index >= 15 is 0 Å². The van der Waals surface area contributed by atoms with Crippen molar-refractivity contribution < 1.29 is 4.74 Å². The number of para-hydroxylation sites is 1. The molecular weight excluding hydrogens is 244 g/mol. The van der Waals surface area contributed by atoms with E-state index in [9.17, 15) is 0 Å². The monoisotopic (exact) mass is 260 g/mol. The maximum atomic E-state index is 5.94. The van der Waals surface area contributed by atoms with Crippen molar-refractivity contribution in [2.24, 2.45) is 0 Å². The van der Waals surface area contributed by atoms with E-state index in [1.165, 1.54) is 10.4 Å². The van der Waals surface area contributed by atoms with Crippen LogP contribution in [0, 0.1) is 0 Å². The second-order valence-electron chi connectivity index (χ2n) is 4.36. The Morgan fingerprint density at radius 3 is 3.17 bits per heavy atom. The third-order valence-corrected chi connectivity index (χ3v) is 4.13. The molecule has 0 radical (unpaired) electrons. The minimum absolute atomic E-state index is 0.0998. The molecule has 3 nitrogen and oxygen atoms in total. The molecule has 2 heterocycles. The van der Waals surface area contributed by atoms with Gasteiger partial charge in [-0.3, -0.25) is 0 Å². The van der Waals surface area contributed by atoms with E-state index in [0.717, 1.165) is 30.3 Å². The third-order valence-electron chi connectivity index (χ3n) is 3.04. The van der Waals surface area contributed by atoms with Crippen molar-refractivity contribution in [3.63, 3.8) is 0 Å². The van der Waals surface area contributed by atoms with Crippen LogP contribution >= 0.6 is 11.3 Å². The van der Waals surface area contributed by atoms with Crippen LogP contribution in [0.1, 0.15) is 28.5 Å². The second kappa shape index (κ2) is 5.08. The Balaban J connectivity index is 1.72. The molecule has 1 unspecified atom stereocenters. The first-order valence-corrected chi connectivity index (χ1v) is 7.08. The minimum Gasteiger partial charge on any atom is -0.483 e. The Morgan fingerprint density at radius 1 is 1.44 bits per heavy atom. The van der Waals surface area contributed by atoms with Gasteiger partial charge in [0.2, 0.25) is 0 Å². The van der Waals surface area contributed by atoms with E-state index in [2.05, 4.69) is 29.4 Å². The number of benzene rings is 1. The quantitative estimate of drug-likeness (QED) is 0.917. The minimum atomic E-state index is 0.0998. The standard InChI is InChI=1S/C14H16N2OS/c1-2-15-8-11-9-16-14(18-11)13-7-10-5-3-4-6-12(10)17-13/h3-6,9,13,15H,2,7-8H2,1H3. The molecule has 0 spiro atoms. The number of fused-ring (bicyclic) bond motifs is 1. The Morgan fingerprint density at radius 2 is 2.33 bits per heavy atom. The van der Waals surface area contributed by atoms with Gasteiger partial charge in [0.1, 0.15) is 10.8 Å². The van der Waals surface area contributed by atoms with Crippen molar-refractivity contribution in [3.8, 4) is 5.75 Å². The van der Waals surface area contributed by atoms with E-state index in [0.29, 0.717) is 0 Å². The number of nitrogens with zero attached hydrogens (tertiary/aromatic N) is 1. The molecule has 1 N–H and O–H groups in total. The molecule has 0 bridgehead atoms. The molecule has 0 saturated carbocycles. The van der Waals surface area contributed by atoms with Crippen molar-refractivity contribution in [2.45, 2.75) is 26.0 Å². The number of ether oxygens (including phenoxy) is 1. The predicted molar refractivity (Wildman–Crippen MR) is 73.0 cm³/mol. The van der Waals surface area contributed by atoms with Gasteiger partial charge in [-0.1, -0.05) is 25.1 Å². The lowest BCUT2D eigenvalue weighted by molar-refractivity contribution is 0.238. The molecule has 94 valence electrons. The average molecular weight is 260 g/mol. The summed E-state index contributed by atoms with van der Waals surface area (Å²) in [4.78, 5) is 5.76. The zero-order valence-electron chi connectivity index (χ0n) is 10.3. The summed E-state index contributed by atoms with van der Waals surface area (Å²) >= 11 is 1.74. The SMILES string of the molecule is CCNCc1cnc(C2Cc3ccccc3O2)s1. The van der Waals surface area contributed by atoms with Gasteiger partial charge in [-0.25, -0.2) is 4.98 Å². The van der Waals surface area contributed by atoms with Crippen LogP contribution in [0.3, 0.4) is 0 Å². The highest BCUT2D eigenvalue weighted by Crippen LogP contribution is 2.37. The summed E-state index contributed by atoms with van der Waals surface area (Å²) in [5.41, 5.74) is 1.28. The van der Waals surface area contributed by atoms with Crippen LogP contribution in [-0.4, -0.2) is 11.5 Å². The van der Waals surface area contributed by atoms with E-state index in [4.69, 9.17) is 4.74 Å². The molecule has 1 aromatic heterocycles. The molecule has 2 aromatic rings. The van der Waals surface area contributed by atoms with Crippen LogP contribution in [0.25, 0.3) is 0 Å². The van der Waals surface area contributed by atoms with Gasteiger partial charge in [-0.2, -0.15) is 0 Å². The van der Waals surface area contributed by atoms with Crippen molar-refractivity contribution in [3.05, 3.63) is 45.9 Å². The molecule has 4 heteroatoms. The molecule has 18 heavy (non-hydrogen) atoms. The van der Waals surface area contributed by atoms with Gasteiger partial charge in [0.05, 0.1) is 0 Å². The molecule has 0 aliphatic carbocycles. The number of nitrogens with one attached hydrogen (secondary N) is 1. The fraction of sp³-hybridized carbons (Fsp3) is 0.357. The van der Waals surface area contributed by atoms with Gasteiger partial charge in [0, 0.05) is 24.0 Å². The van der Waals surface area contributed by atoms with E-state index in [-0.39, 0.29) is 6.10 Å². The highest BCUT2D eigenvalue weighted by atomic mass is 32.1. The summed E-state index contributed by atoms with van der Waals surface area (Å²) in [6.45, 7) is 3.99. The van der Waals surface area contributed by atoms with Crippen LogP contribution in [0.5, 0.6) is 5.75 Å². The molecule has 1 atom stereocenters. The van der Waals surface area contributed by atoms with Gasteiger partial charge in [-0.05, 0) is 18.2 Å². The fourth-order valence-electron chi connectivity index (χ4n) is 2.12. The zero-order chi connectivity index (χ0) is 12.4. The lowest BCUT2D eigenvalue weighted by atomic mass is 10.1. The molecular formula is C14H16N2OS. The molecule has 1 aliphatic rings. The highest BCUT2D eigenvalue weighted by molar-refractivity contribution is 7.11. The first kappa shape index (κ1) is 11.7. The highest BCUT2D eigenvalue weighted by Gasteiger charge is 2.26. The lowest BCUT2D eigenvalue weighted by Gasteiger charge is -2.06. The first-order chi connectivity index (χ1) is 8.86. The summed E-state index contributed by atoms with van der Waals surface area (Å²) in [5, 5.41) is 4.40. The Labute approximate surface area is 111 Å². The largest absolute Gasteiger partial charge is 0.483 e. The van der Waals surface area contributed by atoms with Crippen LogP contribution in [0.15, 0.2) is 30.5 Å². The summed E-state index contributed by atoms with van der Waals surface area (Å²) < 4.78 is 5.94.